The minimum Gasteiger partial charge on any atom is -0.507 e. The van der Waals surface area contributed by atoms with Crippen LogP contribution in [0.2, 0.25) is 0 Å². The Hall–Kier alpha value is -4.23. The number of phenols is 2. The number of fused-ring (bicyclic) bond motifs is 1. The van der Waals surface area contributed by atoms with Gasteiger partial charge in [-0.05, 0) is 46.8 Å². The Balaban J connectivity index is 1.63. The largest absolute Gasteiger partial charge is 0.507 e. The van der Waals surface area contributed by atoms with Crippen molar-refractivity contribution in [2.75, 3.05) is 0 Å². The van der Waals surface area contributed by atoms with Gasteiger partial charge in [0.25, 0.3) is 0 Å². The molecule has 3 N–H and O–H groups in total. The average molecular weight is 408 g/mol. The fraction of sp³-hybridized carbons (Fsp3) is 0.0741. The SMILES string of the molecule is O=C(O)c1ccc(Cc2c(O)cc3ccc(C#CCc4ccccc4)cc3c2O)cc1. The third-order valence-electron chi connectivity index (χ3n) is 5.15. The lowest BCUT2D eigenvalue weighted by atomic mass is 9.97. The van der Waals surface area contributed by atoms with E-state index >= 15 is 0 Å². The molecule has 4 aromatic rings. The molecule has 0 aromatic heterocycles. The second-order valence-electron chi connectivity index (χ2n) is 7.30. The zero-order valence-corrected chi connectivity index (χ0v) is 16.7. The number of carbonyl (C=O) groups is 1. The zero-order chi connectivity index (χ0) is 21.8. The molecular formula is C27H20O4. The third kappa shape index (κ3) is 4.52. The van der Waals surface area contributed by atoms with Crippen molar-refractivity contribution in [2.24, 2.45) is 0 Å². The summed E-state index contributed by atoms with van der Waals surface area (Å²) in [7, 11) is 0. The summed E-state index contributed by atoms with van der Waals surface area (Å²) in [5.74, 6) is 5.29. The third-order valence-corrected chi connectivity index (χ3v) is 5.15. The smallest absolute Gasteiger partial charge is 0.335 e. The molecule has 0 saturated heterocycles. The number of hydrogen-bond donors (Lipinski definition) is 3. The number of hydrogen-bond acceptors (Lipinski definition) is 3. The Kier molecular flexibility index (Phi) is 5.59. The van der Waals surface area contributed by atoms with E-state index in [1.807, 2.05) is 48.5 Å². The molecule has 0 aliphatic heterocycles. The van der Waals surface area contributed by atoms with Crippen LogP contribution < -0.4 is 0 Å². The van der Waals surface area contributed by atoms with Crippen LogP contribution in [0.4, 0.5) is 0 Å². The summed E-state index contributed by atoms with van der Waals surface area (Å²) in [6.45, 7) is 0. The molecule has 4 heteroatoms. The van der Waals surface area contributed by atoms with Gasteiger partial charge in [0.05, 0.1) is 5.56 Å². The number of carboxylic acid groups (broad SMARTS) is 1. The molecule has 0 aliphatic rings. The summed E-state index contributed by atoms with van der Waals surface area (Å²) >= 11 is 0. The van der Waals surface area contributed by atoms with Crippen molar-refractivity contribution in [3.8, 4) is 23.3 Å². The van der Waals surface area contributed by atoms with E-state index in [0.717, 1.165) is 16.7 Å². The van der Waals surface area contributed by atoms with E-state index in [0.29, 0.717) is 22.8 Å². The maximum absolute atomic E-state index is 11.0. The Morgan fingerprint density at radius 3 is 2.29 bits per heavy atom. The summed E-state index contributed by atoms with van der Waals surface area (Å²) < 4.78 is 0. The van der Waals surface area contributed by atoms with E-state index in [1.54, 1.807) is 18.2 Å². The molecule has 31 heavy (non-hydrogen) atoms. The van der Waals surface area contributed by atoms with Crippen LogP contribution in [0.1, 0.15) is 32.6 Å². The summed E-state index contributed by atoms with van der Waals surface area (Å²) in [6.07, 6.45) is 0.912. The number of rotatable bonds is 4. The van der Waals surface area contributed by atoms with Crippen LogP contribution in [0.5, 0.6) is 11.5 Å². The maximum Gasteiger partial charge on any atom is 0.335 e. The monoisotopic (exact) mass is 408 g/mol. The van der Waals surface area contributed by atoms with Gasteiger partial charge in [0.15, 0.2) is 0 Å². The molecule has 0 atom stereocenters. The number of aromatic hydroxyl groups is 2. The quantitative estimate of drug-likeness (QED) is 0.409. The van der Waals surface area contributed by atoms with Crippen molar-refractivity contribution in [1.29, 1.82) is 0 Å². The van der Waals surface area contributed by atoms with Crippen LogP contribution in [0.15, 0.2) is 78.9 Å². The lowest BCUT2D eigenvalue weighted by molar-refractivity contribution is 0.0697. The summed E-state index contributed by atoms with van der Waals surface area (Å²) in [5.41, 5.74) is 3.29. The van der Waals surface area contributed by atoms with Gasteiger partial charge in [-0.1, -0.05) is 60.4 Å². The van der Waals surface area contributed by atoms with Crippen molar-refractivity contribution in [1.82, 2.24) is 0 Å². The molecule has 0 saturated carbocycles. The first-order valence-corrected chi connectivity index (χ1v) is 9.84. The van der Waals surface area contributed by atoms with Gasteiger partial charge < -0.3 is 15.3 Å². The van der Waals surface area contributed by atoms with Gasteiger partial charge in [-0.3, -0.25) is 0 Å². The average Bonchev–Trinajstić information content (AvgIpc) is 2.78. The molecule has 4 aromatic carbocycles. The van der Waals surface area contributed by atoms with Gasteiger partial charge in [-0.15, -0.1) is 0 Å². The Labute approximate surface area is 180 Å². The fourth-order valence-corrected chi connectivity index (χ4v) is 3.47. The van der Waals surface area contributed by atoms with E-state index in [9.17, 15) is 15.0 Å². The van der Waals surface area contributed by atoms with E-state index in [4.69, 9.17) is 5.11 Å². The van der Waals surface area contributed by atoms with Crippen molar-refractivity contribution in [3.05, 3.63) is 107 Å². The Bertz CT molecular complexity index is 1310. The first-order valence-electron chi connectivity index (χ1n) is 9.84. The van der Waals surface area contributed by atoms with Crippen LogP contribution in [0, 0.1) is 11.8 Å². The summed E-state index contributed by atoms with van der Waals surface area (Å²) in [4.78, 5) is 11.0. The molecule has 0 spiro atoms. The lowest BCUT2D eigenvalue weighted by Gasteiger charge is -2.11. The normalized spacial score (nSPS) is 10.5. The van der Waals surface area contributed by atoms with Crippen molar-refractivity contribution in [3.63, 3.8) is 0 Å². The zero-order valence-electron chi connectivity index (χ0n) is 16.7. The number of benzene rings is 4. The van der Waals surface area contributed by atoms with Gasteiger partial charge in [-0.25, -0.2) is 4.79 Å². The van der Waals surface area contributed by atoms with E-state index in [2.05, 4.69) is 11.8 Å². The number of aromatic carboxylic acids is 1. The second-order valence-corrected chi connectivity index (χ2v) is 7.30. The Morgan fingerprint density at radius 2 is 1.58 bits per heavy atom. The van der Waals surface area contributed by atoms with E-state index < -0.39 is 5.97 Å². The molecule has 152 valence electrons. The van der Waals surface area contributed by atoms with Crippen LogP contribution in [-0.4, -0.2) is 21.3 Å². The maximum atomic E-state index is 11.0. The second kappa shape index (κ2) is 8.64. The highest BCUT2D eigenvalue weighted by Gasteiger charge is 2.14. The topological polar surface area (TPSA) is 77.8 Å². The highest BCUT2D eigenvalue weighted by molar-refractivity contribution is 5.92. The molecule has 4 nitrogen and oxygen atoms in total. The molecule has 0 aliphatic carbocycles. The molecule has 0 amide bonds. The number of carboxylic acids is 1. The van der Waals surface area contributed by atoms with Gasteiger partial charge in [0, 0.05) is 29.4 Å². The van der Waals surface area contributed by atoms with Crippen LogP contribution in [0.25, 0.3) is 10.8 Å². The molecular weight excluding hydrogens is 388 g/mol. The van der Waals surface area contributed by atoms with E-state index in [-0.39, 0.29) is 23.5 Å². The van der Waals surface area contributed by atoms with Crippen molar-refractivity contribution < 1.29 is 20.1 Å². The first kappa shape index (κ1) is 20.1. The molecule has 0 fully saturated rings. The van der Waals surface area contributed by atoms with Crippen LogP contribution in [-0.2, 0) is 12.8 Å². The predicted octanol–water partition coefficient (Wildman–Crippen LogP) is 5.13. The molecule has 0 bridgehead atoms. The predicted molar refractivity (Wildman–Crippen MR) is 121 cm³/mol. The fourth-order valence-electron chi connectivity index (χ4n) is 3.47. The summed E-state index contributed by atoms with van der Waals surface area (Å²) in [5, 5.41) is 31.7. The van der Waals surface area contributed by atoms with Crippen LogP contribution >= 0.6 is 0 Å². The standard InChI is InChI=1S/C27H20O4/c28-25-17-22-14-11-19(8-4-7-18-5-2-1-3-6-18)15-23(22)26(29)24(25)16-20-9-12-21(13-10-20)27(30)31/h1-3,5-6,9-15,17,28-29H,7,16H2,(H,30,31). The minimum absolute atomic E-state index is 0.00372. The minimum atomic E-state index is -0.996. The molecule has 0 heterocycles. The number of phenolic OH excluding ortho intramolecular Hbond substituents is 2. The van der Waals surface area contributed by atoms with Gasteiger partial charge in [0.2, 0.25) is 0 Å². The van der Waals surface area contributed by atoms with E-state index in [1.165, 1.54) is 12.1 Å². The molecule has 0 radical (unpaired) electrons. The lowest BCUT2D eigenvalue weighted by Crippen LogP contribution is -1.97. The van der Waals surface area contributed by atoms with Gasteiger partial charge >= 0.3 is 5.97 Å². The van der Waals surface area contributed by atoms with Crippen molar-refractivity contribution in [2.45, 2.75) is 12.8 Å². The first-order chi connectivity index (χ1) is 15.0. The van der Waals surface area contributed by atoms with Gasteiger partial charge in [0.1, 0.15) is 11.5 Å². The Morgan fingerprint density at radius 1 is 0.839 bits per heavy atom. The summed E-state index contributed by atoms with van der Waals surface area (Å²) in [6, 6.07) is 23.5. The highest BCUT2D eigenvalue weighted by Crippen LogP contribution is 2.37. The van der Waals surface area contributed by atoms with Crippen molar-refractivity contribution >= 4 is 16.7 Å². The van der Waals surface area contributed by atoms with Gasteiger partial charge in [-0.2, -0.15) is 0 Å². The molecule has 0 unspecified atom stereocenters. The molecule has 4 rings (SSSR count). The van der Waals surface area contributed by atoms with Crippen LogP contribution in [0.3, 0.4) is 0 Å². The highest BCUT2D eigenvalue weighted by atomic mass is 16.4.